The standard InChI is InChI=1S/C25H24N6O6S.C25H27N5O6S.C24H26FN5O5S.C23H29FN4O5S/c1-3-36-16-5-6-17-19(10-16)37-9-8-25(17)11-18-22(24(33)29-25)23(28-21(32)14-38(2,34)35)31(30-18)20-7-4-15(12-26)13-27-20;1-4-35-16-6-7-17-19(11-16)36-10-9-25(17)12-18-22(24(32)28-25)23(27-21(31)14-37(3,33)34)30(29-18)20-8-5-15(2)13-26-20;1-5-35-15-7-8-16(17(25)10-15)24(3)11-18-21(23(32)28-24)22(27-20(31)13-36(4,33)34)30(29-18)19-9-6-14(2)12-26-19;1-4-6-9-28-21(25-18(29)13-34(3,31)32)19-17(27-28)12-23(26-22(19)30)8-7-14-10-15(33-5-2)11-16(24)20(14)23/h4-7,10,13H,3,8-9,11,14H2,1-2H3,(H,28,32)(H,29,33);5-8,11,13H,4,9-10,12,14H2,1-3H3,(H,27,31)(H,28,32);6-10,12H,5,11,13H2,1-4H3,(H,27,31)(H,28,32);10-11H,4-9,12-13H2,1-3H3,(H,25,29)(H,26,30)/t2*25-;24-;23-/m1001/s1. The molecule has 11 aromatic rings. The maximum atomic E-state index is 15.2. The first-order valence-corrected chi connectivity index (χ1v) is 54.5. The third-order valence-corrected chi connectivity index (χ3v) is 27.7. The number of halogens is 2. The summed E-state index contributed by atoms with van der Waals surface area (Å²) in [6.07, 6.45) is 13.1. The molecule has 4 aromatic carbocycles. The predicted molar refractivity (Wildman–Crippen MR) is 525 cm³/mol. The topological polar surface area (TPSA) is 558 Å². The predicted octanol–water partition coefficient (Wildman–Crippen LogP) is 8.04. The van der Waals surface area contributed by atoms with E-state index in [1.165, 1.54) is 49.2 Å². The van der Waals surface area contributed by atoms with E-state index in [0.717, 1.165) is 65.7 Å². The lowest BCUT2D eigenvalue weighted by atomic mass is 9.77. The number of benzene rings is 4. The van der Waals surface area contributed by atoms with Crippen LogP contribution < -0.4 is 71.0 Å². The van der Waals surface area contributed by atoms with Gasteiger partial charge >= 0.3 is 0 Å². The molecule has 0 radical (unpaired) electrons. The maximum absolute atomic E-state index is 15.2. The number of anilines is 4. The van der Waals surface area contributed by atoms with E-state index in [2.05, 4.69) is 77.9 Å². The summed E-state index contributed by atoms with van der Waals surface area (Å²) in [5, 5.41) is 49.8. The van der Waals surface area contributed by atoms with Crippen LogP contribution in [0.4, 0.5) is 32.1 Å². The highest BCUT2D eigenvalue weighted by molar-refractivity contribution is 7.92. The van der Waals surface area contributed by atoms with Crippen LogP contribution in [0.5, 0.6) is 34.5 Å². The lowest BCUT2D eigenvalue weighted by molar-refractivity contribution is -0.114. The zero-order valence-electron chi connectivity index (χ0n) is 81.1. The van der Waals surface area contributed by atoms with Crippen molar-refractivity contribution in [1.82, 2.24) is 75.3 Å². The Balaban J connectivity index is 0.000000145. The Hall–Kier alpha value is -15.1. The molecule has 0 unspecified atom stereocenters. The van der Waals surface area contributed by atoms with Gasteiger partial charge in [0.05, 0.1) is 90.1 Å². The molecule has 3 spiro atoms. The van der Waals surface area contributed by atoms with E-state index in [-0.39, 0.29) is 76.2 Å². The van der Waals surface area contributed by atoms with E-state index in [0.29, 0.717) is 158 Å². The Kier molecular flexibility index (Phi) is 30.0. The highest BCUT2D eigenvalue weighted by Crippen LogP contribution is 2.50. The number of hydrogen-bond acceptors (Lipinski definition) is 30. The molecule has 8 N–H and O–H groups in total. The zero-order valence-corrected chi connectivity index (χ0v) is 84.4. The smallest absolute Gasteiger partial charge is 0.257 e. The van der Waals surface area contributed by atoms with E-state index in [1.54, 1.807) is 62.6 Å². The summed E-state index contributed by atoms with van der Waals surface area (Å²) in [4.78, 5) is 117. The number of pyridine rings is 3. The van der Waals surface area contributed by atoms with Crippen LogP contribution in [0.2, 0.25) is 0 Å². The molecule has 1 aliphatic carbocycles. The molecule has 7 aromatic heterocycles. The molecular weight excluding hydrogens is 1960 g/mol. The van der Waals surface area contributed by atoms with Gasteiger partial charge in [-0.2, -0.15) is 39.7 Å². The van der Waals surface area contributed by atoms with Gasteiger partial charge < -0.3 is 71.0 Å². The van der Waals surface area contributed by atoms with Gasteiger partial charge in [-0.05, 0) is 145 Å². The second-order valence-electron chi connectivity index (χ2n) is 36.3. The van der Waals surface area contributed by atoms with Crippen LogP contribution >= 0.6 is 0 Å². The minimum Gasteiger partial charge on any atom is -0.494 e. The number of rotatable bonds is 27. The Morgan fingerprint density at radius 3 is 1.22 bits per heavy atom. The van der Waals surface area contributed by atoms with Crippen molar-refractivity contribution >= 4 is 110 Å². The van der Waals surface area contributed by atoms with Gasteiger partial charge in [0.15, 0.2) is 74.3 Å². The van der Waals surface area contributed by atoms with E-state index in [1.807, 2.05) is 90.1 Å². The summed E-state index contributed by atoms with van der Waals surface area (Å²) in [7, 11) is -14.4. The molecule has 6 aliphatic heterocycles. The average molecular weight is 2070 g/mol. The van der Waals surface area contributed by atoms with Gasteiger partial charge in [0, 0.05) is 135 Å². The van der Waals surface area contributed by atoms with Gasteiger partial charge in [-0.1, -0.05) is 31.5 Å². The van der Waals surface area contributed by atoms with E-state index >= 15 is 8.78 Å². The molecule has 7 aliphatic rings. The molecule has 0 fully saturated rings. The fourth-order valence-corrected chi connectivity index (χ4v) is 20.8. The largest absolute Gasteiger partial charge is 0.494 e. The first kappa shape index (κ1) is 104. The second-order valence-corrected chi connectivity index (χ2v) is 44.9. The van der Waals surface area contributed by atoms with E-state index in [9.17, 15) is 72.0 Å². The van der Waals surface area contributed by atoms with Gasteiger partial charge in [-0.3, -0.25) is 38.4 Å². The van der Waals surface area contributed by atoms with Crippen molar-refractivity contribution in [2.75, 3.05) is 109 Å². The molecule has 764 valence electrons. The van der Waals surface area contributed by atoms with Crippen LogP contribution in [0, 0.1) is 36.8 Å². The molecule has 0 saturated carbocycles. The van der Waals surface area contributed by atoms with Crippen molar-refractivity contribution in [3.8, 4) is 58.0 Å². The number of unbranched alkanes of at least 4 members (excludes halogenated alkanes) is 1. The van der Waals surface area contributed by atoms with Crippen molar-refractivity contribution < 1.29 is 109 Å². The van der Waals surface area contributed by atoms with Crippen LogP contribution in [0.1, 0.15) is 182 Å². The summed E-state index contributed by atoms with van der Waals surface area (Å²) in [5.74, 6) is -4.56. The molecule has 13 heterocycles. The van der Waals surface area contributed by atoms with Gasteiger partial charge in [-0.25, -0.2) is 62.1 Å². The SMILES string of the molecule is CCCCn1nc2c(c1NC(=O)CS(C)(=O)=O)C(=O)N[C@]1(CCc3cc(OCC)cc(F)c31)C2.CCOc1ccc([C@]2(C)Cc3nn(-c4ccc(C)cn4)c(NC(=O)CS(C)(=O)=O)c3C(=O)N2)c(F)c1.CCOc1ccc2c(c1)OCC[C@@]21Cc2nn(-c3ccc(C#N)cn3)c(NC(=O)CS(C)(=O)=O)c2C(=O)N1.CCOc1ccc2c(c1)OCC[C@]21Cc2nn(-c3ccc(C)cn3)c(NC(=O)CS(C)(=O)=O)c2C(=O)N1. The van der Waals surface area contributed by atoms with E-state index in [4.69, 9.17) is 33.7 Å². The summed E-state index contributed by atoms with van der Waals surface area (Å²) in [6.45, 7) is 17.8. The van der Waals surface area contributed by atoms with Crippen molar-refractivity contribution in [2.24, 2.45) is 0 Å². The first-order valence-electron chi connectivity index (χ1n) is 46.2. The van der Waals surface area contributed by atoms with Crippen molar-refractivity contribution in [2.45, 2.75) is 148 Å². The number of carbonyl (C=O) groups is 8. The van der Waals surface area contributed by atoms with Crippen molar-refractivity contribution in [3.05, 3.63) is 223 Å². The highest BCUT2D eigenvalue weighted by Gasteiger charge is 2.52. The third kappa shape index (κ3) is 23.1. The molecule has 48 heteroatoms. The van der Waals surface area contributed by atoms with Crippen LogP contribution in [0.25, 0.3) is 17.5 Å². The number of fused-ring (bicyclic) bond motifs is 10. The minimum atomic E-state index is -3.63. The lowest BCUT2D eigenvalue weighted by Gasteiger charge is -2.41. The number of nitrogens with one attached hydrogen (secondary N) is 8. The monoisotopic (exact) mass is 2070 g/mol. The molecule has 0 bridgehead atoms. The summed E-state index contributed by atoms with van der Waals surface area (Å²) < 4.78 is 163. The number of hydrogen-bond donors (Lipinski definition) is 8. The van der Waals surface area contributed by atoms with E-state index < -0.39 is 143 Å². The van der Waals surface area contributed by atoms with Gasteiger partial charge in [0.1, 0.15) is 103 Å². The van der Waals surface area contributed by atoms with Crippen LogP contribution in [-0.2, 0) is 119 Å². The third-order valence-electron chi connectivity index (χ3n) is 24.6. The Labute approximate surface area is 832 Å². The summed E-state index contributed by atoms with van der Waals surface area (Å²) >= 11 is 0. The van der Waals surface area contributed by atoms with Crippen LogP contribution in [0.3, 0.4) is 0 Å². The van der Waals surface area contributed by atoms with Crippen LogP contribution in [-0.4, -0.2) is 223 Å². The Morgan fingerprint density at radius 1 is 0.448 bits per heavy atom. The van der Waals surface area contributed by atoms with Crippen molar-refractivity contribution in [3.63, 3.8) is 0 Å². The zero-order chi connectivity index (χ0) is 104. The molecule has 42 nitrogen and oxygen atoms in total. The van der Waals surface area contributed by atoms with Crippen LogP contribution in [0.15, 0.2) is 122 Å². The fraction of sp³-hybridized carbons (Fsp3) is 0.381. The first-order chi connectivity index (χ1) is 68.7. The van der Waals surface area contributed by atoms with Gasteiger partial charge in [-0.15, -0.1) is 0 Å². The van der Waals surface area contributed by atoms with Gasteiger partial charge in [0.25, 0.3) is 23.6 Å². The molecule has 8 amide bonds. The van der Waals surface area contributed by atoms with Gasteiger partial charge in [0.2, 0.25) is 23.6 Å². The maximum Gasteiger partial charge on any atom is 0.257 e. The summed E-state index contributed by atoms with van der Waals surface area (Å²) in [6, 6.07) is 30.6. The van der Waals surface area contributed by atoms with Crippen molar-refractivity contribution in [1.29, 1.82) is 5.26 Å². The number of amides is 8. The number of nitriles is 1. The normalized spacial score (nSPS) is 18.2. The second kappa shape index (κ2) is 41.7. The molecule has 4 atom stereocenters. The fourth-order valence-electron chi connectivity index (χ4n) is 18.6. The highest BCUT2D eigenvalue weighted by atomic mass is 32.2. The Bertz CT molecular complexity index is 7560. The number of aryl methyl sites for hydroxylation is 4. The number of ether oxygens (including phenoxy) is 6. The number of aromatic nitrogens is 11. The number of nitrogens with zero attached hydrogens (tertiary/aromatic N) is 12. The quantitative estimate of drug-likeness (QED) is 0.0241. The number of sulfone groups is 4. The molecule has 0 saturated heterocycles. The molecular formula is C97H106F2N20O22S4. The molecule has 18 rings (SSSR count). The molecule has 145 heavy (non-hydrogen) atoms. The summed E-state index contributed by atoms with van der Waals surface area (Å²) in [5.41, 5.74) is 3.69. The minimum absolute atomic E-state index is 0.00261. The number of carbonyl (C=O) groups excluding carboxylic acids is 8. The lowest BCUT2D eigenvalue weighted by Crippen LogP contribution is -2.53. The average Bonchev–Trinajstić information content (AvgIpc) is 1.51. The Morgan fingerprint density at radius 2 is 0.821 bits per heavy atom.